The van der Waals surface area contributed by atoms with Crippen molar-refractivity contribution >= 4 is 11.5 Å². The van der Waals surface area contributed by atoms with Crippen LogP contribution in [0, 0.1) is 17.2 Å². The van der Waals surface area contributed by atoms with Crippen molar-refractivity contribution in [2.75, 3.05) is 43.9 Å². The van der Waals surface area contributed by atoms with E-state index in [1.807, 2.05) is 12.1 Å². The molecule has 0 saturated carbocycles. The standard InChI is InChI=1S/C31H41N7O2/c1-5-7-10-23-29(36-40-30(23)28-21(6-2)11-12-25(33)24(28)17-32)31-34-26(38-15-13-20(3)18-38)16-27(35-31)39-19-22-9-8-14-37(22)4/h11-12,16,20,22H,5-10,13-15,18-19,33H2,1-4H3/t20-,22?/m0/s1. The second kappa shape index (κ2) is 12.3. The lowest BCUT2D eigenvalue weighted by Gasteiger charge is -2.21. The minimum atomic E-state index is 0.382. The highest BCUT2D eigenvalue weighted by atomic mass is 16.5. The second-order valence-corrected chi connectivity index (χ2v) is 11.3. The molecule has 212 valence electrons. The van der Waals surface area contributed by atoms with Crippen molar-refractivity contribution in [3.05, 3.63) is 34.9 Å². The van der Waals surface area contributed by atoms with E-state index in [1.54, 1.807) is 6.07 Å². The molecular formula is C31H41N7O2. The van der Waals surface area contributed by atoms with E-state index in [0.29, 0.717) is 53.0 Å². The van der Waals surface area contributed by atoms with E-state index in [-0.39, 0.29) is 0 Å². The van der Waals surface area contributed by atoms with Crippen molar-refractivity contribution < 1.29 is 9.26 Å². The highest BCUT2D eigenvalue weighted by molar-refractivity contribution is 5.81. The minimum Gasteiger partial charge on any atom is -0.476 e. The molecule has 2 aromatic heterocycles. The number of likely N-dealkylation sites (tertiary alicyclic amines) is 1. The maximum absolute atomic E-state index is 10.0. The average molecular weight is 544 g/mol. The predicted molar refractivity (Wildman–Crippen MR) is 157 cm³/mol. The van der Waals surface area contributed by atoms with Crippen LogP contribution in [0.25, 0.3) is 22.8 Å². The van der Waals surface area contributed by atoms with Crippen LogP contribution < -0.4 is 15.4 Å². The molecule has 1 unspecified atom stereocenters. The third-order valence-corrected chi connectivity index (χ3v) is 8.36. The Hall–Kier alpha value is -3.64. The Morgan fingerprint density at radius 2 is 2.05 bits per heavy atom. The molecule has 9 heteroatoms. The van der Waals surface area contributed by atoms with Crippen LogP contribution in [0.3, 0.4) is 0 Å². The molecule has 40 heavy (non-hydrogen) atoms. The topological polar surface area (TPSA) is 117 Å². The van der Waals surface area contributed by atoms with Gasteiger partial charge in [-0.15, -0.1) is 0 Å². The SMILES string of the molecule is CCCCc1c(-c2nc(OCC3CCCN3C)cc(N3CC[C@H](C)C3)n2)noc1-c1c(CC)ccc(N)c1C#N. The summed E-state index contributed by atoms with van der Waals surface area (Å²) in [5.41, 5.74) is 10.3. The summed E-state index contributed by atoms with van der Waals surface area (Å²) in [5, 5.41) is 14.5. The van der Waals surface area contributed by atoms with E-state index in [1.165, 1.54) is 6.42 Å². The van der Waals surface area contributed by atoms with Crippen LogP contribution in [0.5, 0.6) is 5.88 Å². The first-order valence-electron chi connectivity index (χ1n) is 14.7. The molecule has 2 saturated heterocycles. The highest BCUT2D eigenvalue weighted by Gasteiger charge is 2.28. The number of likely N-dealkylation sites (N-methyl/N-ethyl adjacent to an activating group) is 1. The fourth-order valence-corrected chi connectivity index (χ4v) is 5.87. The normalized spacial score (nSPS) is 19.3. The Morgan fingerprint density at radius 3 is 2.73 bits per heavy atom. The van der Waals surface area contributed by atoms with E-state index >= 15 is 0 Å². The van der Waals surface area contributed by atoms with Gasteiger partial charge in [-0.25, -0.2) is 4.98 Å². The fraction of sp³-hybridized carbons (Fsp3) is 0.548. The Balaban J connectivity index is 1.60. The second-order valence-electron chi connectivity index (χ2n) is 11.3. The van der Waals surface area contributed by atoms with Gasteiger partial charge in [0.2, 0.25) is 5.88 Å². The molecule has 2 N–H and O–H groups in total. The van der Waals surface area contributed by atoms with Crippen molar-refractivity contribution in [2.45, 2.75) is 71.8 Å². The van der Waals surface area contributed by atoms with Crippen molar-refractivity contribution in [3.63, 3.8) is 0 Å². The van der Waals surface area contributed by atoms with Crippen molar-refractivity contribution in [1.82, 2.24) is 20.0 Å². The molecule has 0 radical (unpaired) electrons. The number of hydrogen-bond acceptors (Lipinski definition) is 9. The predicted octanol–water partition coefficient (Wildman–Crippen LogP) is 5.48. The monoisotopic (exact) mass is 543 g/mol. The third-order valence-electron chi connectivity index (χ3n) is 8.36. The molecule has 0 spiro atoms. The van der Waals surface area contributed by atoms with Gasteiger partial charge in [-0.3, -0.25) is 0 Å². The van der Waals surface area contributed by atoms with Crippen LogP contribution >= 0.6 is 0 Å². The number of aromatic nitrogens is 3. The number of anilines is 2. The first-order chi connectivity index (χ1) is 19.4. The van der Waals surface area contributed by atoms with Gasteiger partial charge in [0.05, 0.1) is 11.3 Å². The first kappa shape index (κ1) is 27.9. The molecule has 5 rings (SSSR count). The van der Waals surface area contributed by atoms with Crippen molar-refractivity contribution in [1.29, 1.82) is 5.26 Å². The molecule has 0 bridgehead atoms. The number of nitrogen functional groups attached to an aromatic ring is 1. The van der Waals surface area contributed by atoms with Crippen LogP contribution in [0.4, 0.5) is 11.5 Å². The van der Waals surface area contributed by atoms with Gasteiger partial charge in [0, 0.05) is 36.3 Å². The van der Waals surface area contributed by atoms with Gasteiger partial charge < -0.3 is 24.8 Å². The molecule has 9 nitrogen and oxygen atoms in total. The van der Waals surface area contributed by atoms with Crippen LogP contribution in [0.1, 0.15) is 69.6 Å². The smallest absolute Gasteiger partial charge is 0.219 e. The molecular weight excluding hydrogens is 502 g/mol. The summed E-state index contributed by atoms with van der Waals surface area (Å²) in [5.74, 6) is 3.10. The molecule has 2 aliphatic rings. The van der Waals surface area contributed by atoms with Gasteiger partial charge >= 0.3 is 0 Å². The molecule has 3 aromatic rings. The zero-order chi connectivity index (χ0) is 28.2. The summed E-state index contributed by atoms with van der Waals surface area (Å²) in [6.45, 7) is 10.1. The van der Waals surface area contributed by atoms with Crippen molar-refractivity contribution in [3.8, 4) is 34.8 Å². The Labute approximate surface area is 237 Å². The van der Waals surface area contributed by atoms with E-state index in [9.17, 15) is 5.26 Å². The van der Waals surface area contributed by atoms with Gasteiger partial charge in [-0.1, -0.05) is 38.4 Å². The molecule has 1 aromatic carbocycles. The Bertz CT molecular complexity index is 1380. The summed E-state index contributed by atoms with van der Waals surface area (Å²) in [7, 11) is 2.15. The Kier molecular flexibility index (Phi) is 8.55. The summed E-state index contributed by atoms with van der Waals surface area (Å²) < 4.78 is 12.4. The van der Waals surface area contributed by atoms with Gasteiger partial charge in [0.25, 0.3) is 0 Å². The molecule has 0 aliphatic carbocycles. The van der Waals surface area contributed by atoms with E-state index < -0.39 is 0 Å². The van der Waals surface area contributed by atoms with Gasteiger partial charge in [0.1, 0.15) is 18.5 Å². The fourth-order valence-electron chi connectivity index (χ4n) is 5.87. The Morgan fingerprint density at radius 1 is 1.20 bits per heavy atom. The van der Waals surface area contributed by atoms with Crippen LogP contribution in [0.2, 0.25) is 0 Å². The maximum Gasteiger partial charge on any atom is 0.219 e. The number of hydrogen-bond donors (Lipinski definition) is 1. The first-order valence-corrected chi connectivity index (χ1v) is 14.7. The zero-order valence-electron chi connectivity index (χ0n) is 24.2. The number of benzene rings is 1. The summed E-state index contributed by atoms with van der Waals surface area (Å²) in [6, 6.07) is 8.40. The summed E-state index contributed by atoms with van der Waals surface area (Å²) >= 11 is 0. The van der Waals surface area contributed by atoms with E-state index in [4.69, 9.17) is 25.0 Å². The van der Waals surface area contributed by atoms with Crippen LogP contribution in [-0.2, 0) is 12.8 Å². The number of nitriles is 1. The molecule has 4 heterocycles. The lowest BCUT2D eigenvalue weighted by Crippen LogP contribution is -2.30. The number of ether oxygens (including phenoxy) is 1. The van der Waals surface area contributed by atoms with Gasteiger partial charge in [-0.2, -0.15) is 10.2 Å². The molecule has 2 atom stereocenters. The van der Waals surface area contributed by atoms with E-state index in [2.05, 4.69) is 48.8 Å². The number of nitrogens with zero attached hydrogens (tertiary/aromatic N) is 6. The highest BCUT2D eigenvalue weighted by Crippen LogP contribution is 2.39. The molecule has 2 aliphatic heterocycles. The third kappa shape index (κ3) is 5.64. The molecule has 0 amide bonds. The zero-order valence-corrected chi connectivity index (χ0v) is 24.2. The van der Waals surface area contributed by atoms with Gasteiger partial charge in [0.15, 0.2) is 17.3 Å². The van der Waals surface area contributed by atoms with Crippen molar-refractivity contribution in [2.24, 2.45) is 5.92 Å². The maximum atomic E-state index is 10.0. The lowest BCUT2D eigenvalue weighted by molar-refractivity contribution is 0.193. The number of rotatable bonds is 10. The lowest BCUT2D eigenvalue weighted by atomic mass is 9.92. The average Bonchev–Trinajstić information content (AvgIpc) is 3.70. The van der Waals surface area contributed by atoms with Crippen LogP contribution in [0.15, 0.2) is 22.7 Å². The van der Waals surface area contributed by atoms with Crippen LogP contribution in [-0.4, -0.2) is 59.4 Å². The summed E-state index contributed by atoms with van der Waals surface area (Å²) in [6.07, 6.45) is 6.85. The van der Waals surface area contributed by atoms with Gasteiger partial charge in [-0.05, 0) is 69.7 Å². The molecule has 2 fully saturated rings. The number of aryl methyl sites for hydroxylation is 1. The number of nitrogens with two attached hydrogens (primary N) is 1. The number of unbranched alkanes of at least 4 members (excludes halogenated alkanes) is 1. The van der Waals surface area contributed by atoms with E-state index in [0.717, 1.165) is 80.7 Å². The minimum absolute atomic E-state index is 0.382. The quantitative estimate of drug-likeness (QED) is 0.332. The largest absolute Gasteiger partial charge is 0.476 e. The summed E-state index contributed by atoms with van der Waals surface area (Å²) in [4.78, 5) is 14.5.